The Morgan fingerprint density at radius 1 is 0.844 bits per heavy atom. The zero-order valence-corrected chi connectivity index (χ0v) is 39.6. The molecule has 0 aromatic rings. The second-order valence-electron chi connectivity index (χ2n) is 19.4. The van der Waals surface area contributed by atoms with Crippen LogP contribution in [0.25, 0.3) is 0 Å². The van der Waals surface area contributed by atoms with E-state index in [9.17, 15) is 44.4 Å². The number of aliphatic hydroxyl groups is 4. The first kappa shape index (κ1) is 53.2. The summed E-state index contributed by atoms with van der Waals surface area (Å²) in [7, 11) is 3.12. The molecule has 15 atom stereocenters. The molecule has 3 aliphatic heterocycles. The van der Waals surface area contributed by atoms with Crippen molar-refractivity contribution in [1.82, 2.24) is 4.90 Å². The number of ether oxygens (including phenoxy) is 4. The van der Waals surface area contributed by atoms with E-state index in [0.717, 1.165) is 5.57 Å². The smallest absolute Gasteiger partial charge is 0.329 e. The Kier molecular flexibility index (Phi) is 20.3. The van der Waals surface area contributed by atoms with Gasteiger partial charge in [-0.25, -0.2) is 4.79 Å². The molecule has 360 valence electrons. The van der Waals surface area contributed by atoms with Crippen molar-refractivity contribution in [2.75, 3.05) is 20.8 Å². The van der Waals surface area contributed by atoms with Crippen LogP contribution in [0.4, 0.5) is 0 Å². The summed E-state index contributed by atoms with van der Waals surface area (Å²) < 4.78 is 23.7. The molecule has 3 fully saturated rings. The van der Waals surface area contributed by atoms with Crippen molar-refractivity contribution >= 4 is 29.2 Å². The zero-order valence-electron chi connectivity index (χ0n) is 39.6. The average Bonchev–Trinajstić information content (AvgIpc) is 3.27. The topological polar surface area (TPSA) is 206 Å². The zero-order chi connectivity index (χ0) is 47.5. The van der Waals surface area contributed by atoms with Gasteiger partial charge in [-0.05, 0) is 107 Å². The van der Waals surface area contributed by atoms with Gasteiger partial charge in [0, 0.05) is 51.4 Å². The van der Waals surface area contributed by atoms with Crippen molar-refractivity contribution in [3.05, 3.63) is 47.6 Å². The van der Waals surface area contributed by atoms with Gasteiger partial charge in [0.25, 0.3) is 11.7 Å². The lowest BCUT2D eigenvalue weighted by atomic mass is 9.78. The molecule has 1 amide bonds. The van der Waals surface area contributed by atoms with E-state index in [0.29, 0.717) is 64.2 Å². The van der Waals surface area contributed by atoms with Crippen LogP contribution in [0.15, 0.2) is 47.6 Å². The van der Waals surface area contributed by atoms with Crippen molar-refractivity contribution in [3.8, 4) is 0 Å². The Morgan fingerprint density at radius 3 is 2.25 bits per heavy atom. The van der Waals surface area contributed by atoms with E-state index >= 15 is 0 Å². The summed E-state index contributed by atoms with van der Waals surface area (Å²) in [6, 6.07) is -1.15. The molecule has 2 saturated heterocycles. The summed E-state index contributed by atoms with van der Waals surface area (Å²) >= 11 is 0. The number of ketones is 3. The molecule has 0 spiro atoms. The summed E-state index contributed by atoms with van der Waals surface area (Å²) in [4.78, 5) is 71.2. The lowest BCUT2D eigenvalue weighted by Crippen LogP contribution is -2.61. The summed E-state index contributed by atoms with van der Waals surface area (Å²) in [6.45, 7) is 12.4. The van der Waals surface area contributed by atoms with Gasteiger partial charge in [0.1, 0.15) is 30.1 Å². The van der Waals surface area contributed by atoms with E-state index in [1.54, 1.807) is 41.9 Å². The van der Waals surface area contributed by atoms with Crippen LogP contribution in [-0.2, 0) is 42.9 Å². The highest BCUT2D eigenvalue weighted by Gasteiger charge is 2.53. The summed E-state index contributed by atoms with van der Waals surface area (Å²) in [6.07, 6.45) is 9.84. The molecular weight excluding hydrogens is 823 g/mol. The Morgan fingerprint density at radius 2 is 1.56 bits per heavy atom. The lowest BCUT2D eigenvalue weighted by Gasteiger charge is -2.42. The number of methoxy groups -OCH3 is 2. The van der Waals surface area contributed by atoms with Crippen LogP contribution in [0.2, 0.25) is 0 Å². The fourth-order valence-corrected chi connectivity index (χ4v) is 9.89. The number of carbonyl (C=O) groups is 5. The highest BCUT2D eigenvalue weighted by atomic mass is 16.6. The Bertz CT molecular complexity index is 1740. The number of rotatable bonds is 5. The van der Waals surface area contributed by atoms with Gasteiger partial charge in [-0.2, -0.15) is 0 Å². The molecule has 14 nitrogen and oxygen atoms in total. The third kappa shape index (κ3) is 13.8. The van der Waals surface area contributed by atoms with Crippen LogP contribution in [0, 0.1) is 35.5 Å². The number of fused-ring (bicyclic) bond motifs is 3. The number of Topliss-reactive ketones (excluding diaryl/α,β-unsaturated/α-hetero) is 3. The molecular formula is C50H77NO13. The van der Waals surface area contributed by atoms with Crippen LogP contribution >= 0.6 is 0 Å². The Hall–Kier alpha value is -3.37. The summed E-state index contributed by atoms with van der Waals surface area (Å²) in [5, 5.41) is 44.5. The standard InChI is InChI=1S/C50H77NO13/c1-29-15-11-10-12-16-30(2)41(61-8)27-37-20-18-35(7)50(60,64-37)47(57)48(58)51-22-14-13-17-38(51)49(59)63-42(32(4)25-36-19-21-39(52)43(26-36)62-9)28-40(53)31(3)24-34(6)45(55)46(56)44(54)33(5)23-29/h10-12,15-16,24,29,31-33,35-39,41-43,45-46,52,55-56,60H,13-14,17-23,25-28H2,1-9H3/b12-10+,15-11+,30-16+,34-24+/t29-,31-,32-,33-,35-,36+,37+,38+,39-,41+,42+,43-,45-,46?,50-/m1/s1. The SMILES string of the molecule is CO[C@H]1C[C@@H]2CC[C@@H](C)[C@@](O)(O2)C(=O)C(=O)N2CCCC[C@H]2C(=O)O[C@H]([C@H](C)C[C@@H]2CC[C@@H](O)[C@H](OC)C2)CC(=O)[C@H](C)/C=C(\C)[C@@H](O)C(O)C(=O)[C@H](C)C[C@H](C)/C=C/C=C/C=C/1C. The van der Waals surface area contributed by atoms with E-state index in [4.69, 9.17) is 18.9 Å². The Balaban J connectivity index is 1.69. The van der Waals surface area contributed by atoms with Gasteiger partial charge in [-0.15, -0.1) is 0 Å². The summed E-state index contributed by atoms with van der Waals surface area (Å²) in [5.74, 6) is -8.59. The fraction of sp³-hybridized carbons (Fsp3) is 0.740. The summed E-state index contributed by atoms with van der Waals surface area (Å²) in [5.41, 5.74) is 1.11. The van der Waals surface area contributed by atoms with Gasteiger partial charge in [0.2, 0.25) is 5.79 Å². The molecule has 4 N–H and O–H groups in total. The number of cyclic esters (lactones) is 1. The molecule has 3 heterocycles. The van der Waals surface area contributed by atoms with E-state index in [-0.39, 0.29) is 54.6 Å². The van der Waals surface area contributed by atoms with Crippen LogP contribution in [0.3, 0.4) is 0 Å². The first-order valence-corrected chi connectivity index (χ1v) is 23.5. The van der Waals surface area contributed by atoms with Gasteiger partial charge in [0.05, 0.1) is 24.4 Å². The van der Waals surface area contributed by atoms with Gasteiger partial charge in [-0.3, -0.25) is 19.2 Å². The number of allylic oxidation sites excluding steroid dienone is 6. The normalized spacial score (nSPS) is 40.9. The molecule has 14 heteroatoms. The maximum Gasteiger partial charge on any atom is 0.329 e. The van der Waals surface area contributed by atoms with Crippen molar-refractivity contribution in [3.63, 3.8) is 0 Å². The van der Waals surface area contributed by atoms with E-state index < -0.39 is 89.6 Å². The second-order valence-corrected chi connectivity index (χ2v) is 19.4. The predicted octanol–water partition coefficient (Wildman–Crippen LogP) is 5.53. The van der Waals surface area contributed by atoms with Gasteiger partial charge in [0.15, 0.2) is 5.78 Å². The van der Waals surface area contributed by atoms with Crippen molar-refractivity contribution in [2.24, 2.45) is 35.5 Å². The van der Waals surface area contributed by atoms with E-state index in [1.165, 1.54) is 11.0 Å². The van der Waals surface area contributed by atoms with E-state index in [1.807, 2.05) is 51.2 Å². The second kappa shape index (κ2) is 24.4. The molecule has 64 heavy (non-hydrogen) atoms. The number of esters is 1. The van der Waals surface area contributed by atoms with Gasteiger partial charge < -0.3 is 44.3 Å². The number of nitrogens with zero attached hydrogens (tertiary/aromatic N) is 1. The van der Waals surface area contributed by atoms with Gasteiger partial charge in [-0.1, -0.05) is 71.1 Å². The number of piperidine rings is 1. The monoisotopic (exact) mass is 900 g/mol. The number of amides is 1. The lowest BCUT2D eigenvalue weighted by molar-refractivity contribution is -0.265. The van der Waals surface area contributed by atoms with E-state index in [2.05, 4.69) is 0 Å². The van der Waals surface area contributed by atoms with Crippen LogP contribution < -0.4 is 0 Å². The minimum atomic E-state index is -2.44. The van der Waals surface area contributed by atoms with Crippen LogP contribution in [0.5, 0.6) is 0 Å². The van der Waals surface area contributed by atoms with Crippen molar-refractivity contribution in [2.45, 2.75) is 180 Å². The minimum absolute atomic E-state index is 0.0365. The molecule has 1 unspecified atom stereocenters. The molecule has 0 aromatic heterocycles. The third-order valence-corrected chi connectivity index (χ3v) is 14.2. The number of aliphatic hydroxyl groups excluding tert-OH is 3. The maximum atomic E-state index is 14.3. The molecule has 0 aromatic carbocycles. The first-order chi connectivity index (χ1) is 30.2. The van der Waals surface area contributed by atoms with Crippen LogP contribution in [0.1, 0.15) is 126 Å². The largest absolute Gasteiger partial charge is 0.460 e. The van der Waals surface area contributed by atoms with Crippen LogP contribution in [-0.4, -0.2) is 130 Å². The molecule has 1 saturated carbocycles. The Labute approximate surface area is 380 Å². The third-order valence-electron chi connectivity index (χ3n) is 14.2. The number of hydrogen-bond donors (Lipinski definition) is 4. The predicted molar refractivity (Wildman–Crippen MR) is 240 cm³/mol. The highest BCUT2D eigenvalue weighted by molar-refractivity contribution is 6.39. The average molecular weight is 900 g/mol. The first-order valence-electron chi connectivity index (χ1n) is 23.5. The molecule has 1 aliphatic carbocycles. The molecule has 4 aliphatic rings. The quantitative estimate of drug-likeness (QED) is 0.153. The number of hydrogen-bond acceptors (Lipinski definition) is 13. The molecule has 0 radical (unpaired) electrons. The minimum Gasteiger partial charge on any atom is -0.460 e. The molecule has 4 rings (SSSR count). The number of carbonyl (C=O) groups excluding carboxylic acids is 5. The molecule has 2 bridgehead atoms. The van der Waals surface area contributed by atoms with Crippen molar-refractivity contribution < 1.29 is 63.3 Å². The van der Waals surface area contributed by atoms with Gasteiger partial charge >= 0.3 is 5.97 Å². The maximum absolute atomic E-state index is 14.3. The fourth-order valence-electron chi connectivity index (χ4n) is 9.89. The van der Waals surface area contributed by atoms with Crippen molar-refractivity contribution in [1.29, 1.82) is 0 Å². The highest BCUT2D eigenvalue weighted by Crippen LogP contribution is 2.38.